The Morgan fingerprint density at radius 3 is 2.75 bits per heavy atom. The molecule has 3 nitrogen and oxygen atoms in total. The molecule has 0 saturated carbocycles. The highest BCUT2D eigenvalue weighted by Gasteiger charge is 2.09. The van der Waals surface area contributed by atoms with Crippen molar-refractivity contribution in [3.05, 3.63) is 23.9 Å². The molecule has 0 bridgehead atoms. The number of hydrogen-bond donors (Lipinski definition) is 0. The Morgan fingerprint density at radius 2 is 2.31 bits per heavy atom. The van der Waals surface area contributed by atoms with Crippen LogP contribution in [0, 0.1) is 17.2 Å². The molecule has 86 valence electrons. The van der Waals surface area contributed by atoms with Crippen LogP contribution in [0.25, 0.3) is 0 Å². The van der Waals surface area contributed by atoms with Crippen LogP contribution in [0.3, 0.4) is 0 Å². The van der Waals surface area contributed by atoms with Crippen molar-refractivity contribution in [1.82, 2.24) is 4.98 Å². The number of anilines is 1. The van der Waals surface area contributed by atoms with Crippen LogP contribution in [-0.4, -0.2) is 18.1 Å². The number of nitrogens with zero attached hydrogens (tertiary/aromatic N) is 3. The summed E-state index contributed by atoms with van der Waals surface area (Å²) in [7, 11) is 0. The predicted molar refractivity (Wildman–Crippen MR) is 69.5 cm³/mol. The number of aromatic nitrogens is 1. The van der Waals surface area contributed by atoms with Gasteiger partial charge in [0.1, 0.15) is 5.82 Å². The first-order chi connectivity index (χ1) is 7.71. The molecule has 1 aromatic heterocycles. The second-order valence-corrected chi connectivity index (χ2v) is 4.29. The lowest BCUT2D eigenvalue weighted by atomic mass is 10.2. The summed E-state index contributed by atoms with van der Waals surface area (Å²) in [5.74, 6) is 0.965. The molecule has 0 spiro atoms. The Bertz CT molecular complexity index is 356. The van der Waals surface area contributed by atoms with Crippen molar-refractivity contribution in [2.75, 3.05) is 18.0 Å². The average Bonchev–Trinajstić information content (AvgIpc) is 2.35. The first-order valence-corrected chi connectivity index (χ1v) is 6.48. The second kappa shape index (κ2) is 6.49. The van der Waals surface area contributed by atoms with Gasteiger partial charge in [-0.1, -0.05) is 22.0 Å². The quantitative estimate of drug-likeness (QED) is 0.779. The zero-order valence-corrected chi connectivity index (χ0v) is 11.2. The van der Waals surface area contributed by atoms with Gasteiger partial charge in [-0.05, 0) is 25.5 Å². The minimum atomic E-state index is 0.0256. The summed E-state index contributed by atoms with van der Waals surface area (Å²) >= 11 is 3.39. The predicted octanol–water partition coefficient (Wildman–Crippen LogP) is 2.96. The molecule has 0 aliphatic carbocycles. The molecule has 0 saturated heterocycles. The Labute approximate surface area is 105 Å². The van der Waals surface area contributed by atoms with E-state index >= 15 is 0 Å². The van der Waals surface area contributed by atoms with E-state index in [-0.39, 0.29) is 5.92 Å². The van der Waals surface area contributed by atoms with E-state index in [1.54, 1.807) is 0 Å². The third kappa shape index (κ3) is 3.49. The van der Waals surface area contributed by atoms with E-state index in [0.29, 0.717) is 0 Å². The van der Waals surface area contributed by atoms with Crippen LogP contribution in [-0.2, 0) is 5.33 Å². The van der Waals surface area contributed by atoms with Crippen molar-refractivity contribution in [2.24, 2.45) is 5.92 Å². The van der Waals surface area contributed by atoms with Gasteiger partial charge in [-0.15, -0.1) is 0 Å². The molecule has 16 heavy (non-hydrogen) atoms. The second-order valence-electron chi connectivity index (χ2n) is 3.73. The topological polar surface area (TPSA) is 39.9 Å². The van der Waals surface area contributed by atoms with Gasteiger partial charge in [-0.3, -0.25) is 0 Å². The van der Waals surface area contributed by atoms with Crippen LogP contribution in [0.2, 0.25) is 0 Å². The van der Waals surface area contributed by atoms with Gasteiger partial charge < -0.3 is 4.90 Å². The molecule has 0 radical (unpaired) electrons. The van der Waals surface area contributed by atoms with Crippen molar-refractivity contribution in [3.63, 3.8) is 0 Å². The van der Waals surface area contributed by atoms with Crippen LogP contribution in [0.1, 0.15) is 19.4 Å². The molecule has 0 aliphatic heterocycles. The SMILES string of the molecule is CCN(CC(C)C#N)c1ccc(CBr)cn1. The average molecular weight is 282 g/mol. The Hall–Kier alpha value is -1.08. The summed E-state index contributed by atoms with van der Waals surface area (Å²) < 4.78 is 0. The number of nitriles is 1. The molecule has 0 fully saturated rings. The van der Waals surface area contributed by atoms with Crippen LogP contribution >= 0.6 is 15.9 Å². The lowest BCUT2D eigenvalue weighted by molar-refractivity contribution is 0.679. The molecule has 1 heterocycles. The highest BCUT2D eigenvalue weighted by atomic mass is 79.9. The maximum atomic E-state index is 8.80. The van der Waals surface area contributed by atoms with E-state index in [9.17, 15) is 0 Å². The number of hydrogen-bond acceptors (Lipinski definition) is 3. The third-order valence-electron chi connectivity index (χ3n) is 2.38. The lowest BCUT2D eigenvalue weighted by Gasteiger charge is -2.22. The lowest BCUT2D eigenvalue weighted by Crippen LogP contribution is -2.28. The van der Waals surface area contributed by atoms with Gasteiger partial charge in [-0.2, -0.15) is 5.26 Å². The molecular formula is C12H16BrN3. The fourth-order valence-electron chi connectivity index (χ4n) is 1.44. The summed E-state index contributed by atoms with van der Waals surface area (Å²) in [6.07, 6.45) is 1.86. The summed E-state index contributed by atoms with van der Waals surface area (Å²) in [4.78, 5) is 6.51. The van der Waals surface area contributed by atoms with Crippen molar-refractivity contribution >= 4 is 21.7 Å². The zero-order chi connectivity index (χ0) is 12.0. The van der Waals surface area contributed by atoms with Gasteiger partial charge in [0.2, 0.25) is 0 Å². The smallest absolute Gasteiger partial charge is 0.128 e. The van der Waals surface area contributed by atoms with E-state index < -0.39 is 0 Å². The molecule has 0 amide bonds. The molecule has 4 heteroatoms. The van der Waals surface area contributed by atoms with Crippen LogP contribution in [0.4, 0.5) is 5.82 Å². The Morgan fingerprint density at radius 1 is 1.56 bits per heavy atom. The largest absolute Gasteiger partial charge is 0.356 e. The highest BCUT2D eigenvalue weighted by molar-refractivity contribution is 9.08. The number of pyridine rings is 1. The first kappa shape index (κ1) is 13.0. The van der Waals surface area contributed by atoms with Crippen molar-refractivity contribution in [2.45, 2.75) is 19.2 Å². The van der Waals surface area contributed by atoms with E-state index in [0.717, 1.165) is 29.8 Å². The van der Waals surface area contributed by atoms with Gasteiger partial charge in [0.25, 0.3) is 0 Å². The van der Waals surface area contributed by atoms with Crippen LogP contribution in [0.5, 0.6) is 0 Å². The molecule has 0 aromatic carbocycles. The summed E-state index contributed by atoms with van der Waals surface area (Å²) in [5, 5.41) is 9.63. The fraction of sp³-hybridized carbons (Fsp3) is 0.500. The van der Waals surface area contributed by atoms with Gasteiger partial charge in [-0.25, -0.2) is 4.98 Å². The van der Waals surface area contributed by atoms with Gasteiger partial charge in [0.15, 0.2) is 0 Å². The molecule has 0 aliphatic rings. The molecule has 1 rings (SSSR count). The molecule has 1 unspecified atom stereocenters. The molecule has 1 atom stereocenters. The summed E-state index contributed by atoms with van der Waals surface area (Å²) in [5.41, 5.74) is 1.16. The van der Waals surface area contributed by atoms with E-state index in [2.05, 4.69) is 44.9 Å². The number of alkyl halides is 1. The fourth-order valence-corrected chi connectivity index (χ4v) is 1.77. The minimum Gasteiger partial charge on any atom is -0.356 e. The molecule has 0 N–H and O–H groups in total. The van der Waals surface area contributed by atoms with Crippen molar-refractivity contribution in [1.29, 1.82) is 5.26 Å². The first-order valence-electron chi connectivity index (χ1n) is 5.36. The molecule has 1 aromatic rings. The monoisotopic (exact) mass is 281 g/mol. The number of halogens is 1. The van der Waals surface area contributed by atoms with Gasteiger partial charge in [0.05, 0.1) is 12.0 Å². The highest BCUT2D eigenvalue weighted by Crippen LogP contribution is 2.14. The maximum Gasteiger partial charge on any atom is 0.128 e. The zero-order valence-electron chi connectivity index (χ0n) is 9.65. The van der Waals surface area contributed by atoms with Crippen LogP contribution < -0.4 is 4.90 Å². The number of rotatable bonds is 5. The van der Waals surface area contributed by atoms with Gasteiger partial charge in [0, 0.05) is 24.6 Å². The normalized spacial score (nSPS) is 11.9. The van der Waals surface area contributed by atoms with Crippen molar-refractivity contribution < 1.29 is 0 Å². The Kier molecular flexibility index (Phi) is 5.27. The standard InChI is InChI=1S/C12H16BrN3/c1-3-16(9-10(2)7-14)12-5-4-11(6-13)8-15-12/h4-5,8,10H,3,6,9H2,1-2H3. The van der Waals surface area contributed by atoms with Crippen molar-refractivity contribution in [3.8, 4) is 6.07 Å². The Balaban J connectivity index is 2.75. The summed E-state index contributed by atoms with van der Waals surface area (Å²) in [6.45, 7) is 5.60. The minimum absolute atomic E-state index is 0.0256. The maximum absolute atomic E-state index is 8.80. The van der Waals surface area contributed by atoms with E-state index in [1.807, 2.05) is 19.2 Å². The van der Waals surface area contributed by atoms with E-state index in [4.69, 9.17) is 5.26 Å². The van der Waals surface area contributed by atoms with Gasteiger partial charge >= 0.3 is 0 Å². The third-order valence-corrected chi connectivity index (χ3v) is 3.03. The summed E-state index contributed by atoms with van der Waals surface area (Å²) in [6, 6.07) is 6.30. The van der Waals surface area contributed by atoms with E-state index in [1.165, 1.54) is 0 Å². The van der Waals surface area contributed by atoms with Crippen LogP contribution in [0.15, 0.2) is 18.3 Å². The molecular weight excluding hydrogens is 266 g/mol.